The molecule has 0 spiro atoms. The third-order valence-corrected chi connectivity index (χ3v) is 6.82. The van der Waals surface area contributed by atoms with Gasteiger partial charge >= 0.3 is 6.09 Å². The predicted octanol–water partition coefficient (Wildman–Crippen LogP) is 4.05. The van der Waals surface area contributed by atoms with Crippen LogP contribution in [0.25, 0.3) is 0 Å². The first-order chi connectivity index (χ1) is 14.2. The highest BCUT2D eigenvalue weighted by atomic mass is 16.6. The Labute approximate surface area is 180 Å². The first-order valence-corrected chi connectivity index (χ1v) is 11.3. The van der Waals surface area contributed by atoms with Crippen molar-refractivity contribution in [3.05, 3.63) is 29.3 Å². The van der Waals surface area contributed by atoms with Gasteiger partial charge in [0.25, 0.3) is 0 Å². The van der Waals surface area contributed by atoms with Crippen LogP contribution >= 0.6 is 0 Å². The zero-order valence-electron chi connectivity index (χ0n) is 19.1. The second kappa shape index (κ2) is 7.72. The fourth-order valence-electron chi connectivity index (χ4n) is 5.65. The Kier molecular flexibility index (Phi) is 5.52. The van der Waals surface area contributed by atoms with Gasteiger partial charge in [0, 0.05) is 18.0 Å². The summed E-state index contributed by atoms with van der Waals surface area (Å²) in [7, 11) is 1.73. The third-order valence-electron chi connectivity index (χ3n) is 6.82. The number of benzene rings is 1. The maximum atomic E-state index is 12.3. The minimum absolute atomic E-state index is 0.0841. The lowest BCUT2D eigenvalue weighted by molar-refractivity contribution is -0.177. The van der Waals surface area contributed by atoms with Crippen LogP contribution in [0.3, 0.4) is 0 Å². The number of ether oxygens (including phenoxy) is 2. The van der Waals surface area contributed by atoms with E-state index in [0.717, 1.165) is 38.0 Å². The smallest absolute Gasteiger partial charge is 0.408 e. The number of nitrogens with one attached hydrogen (secondary N) is 3. The van der Waals surface area contributed by atoms with Crippen LogP contribution in [0.4, 0.5) is 4.79 Å². The third kappa shape index (κ3) is 4.04. The van der Waals surface area contributed by atoms with Gasteiger partial charge in [0.05, 0.1) is 13.3 Å². The van der Waals surface area contributed by atoms with Gasteiger partial charge in [-0.25, -0.2) is 4.79 Å². The Hall–Kier alpha value is -1.79. The fourth-order valence-corrected chi connectivity index (χ4v) is 5.65. The summed E-state index contributed by atoms with van der Waals surface area (Å²) in [5, 5.41) is 10.7. The van der Waals surface area contributed by atoms with E-state index in [9.17, 15) is 4.79 Å². The van der Waals surface area contributed by atoms with Crippen molar-refractivity contribution in [1.82, 2.24) is 16.0 Å². The van der Waals surface area contributed by atoms with Gasteiger partial charge in [-0.2, -0.15) is 0 Å². The number of unbranched alkanes of at least 4 members (excludes halogenated alkanes) is 1. The molecule has 166 valence electrons. The van der Waals surface area contributed by atoms with Gasteiger partial charge in [0.2, 0.25) is 0 Å². The Bertz CT molecular complexity index is 782. The van der Waals surface area contributed by atoms with Crippen molar-refractivity contribution in [3.8, 4) is 5.75 Å². The van der Waals surface area contributed by atoms with Gasteiger partial charge in [-0.3, -0.25) is 5.32 Å². The average molecular weight is 416 g/mol. The molecule has 3 aliphatic carbocycles. The van der Waals surface area contributed by atoms with E-state index in [2.05, 4.69) is 41.1 Å². The highest BCUT2D eigenvalue weighted by molar-refractivity contribution is 5.70. The van der Waals surface area contributed by atoms with E-state index >= 15 is 0 Å². The van der Waals surface area contributed by atoms with E-state index in [-0.39, 0.29) is 23.2 Å². The van der Waals surface area contributed by atoms with Gasteiger partial charge in [-0.05, 0) is 81.7 Å². The summed E-state index contributed by atoms with van der Waals surface area (Å²) >= 11 is 0. The second-order valence-corrected chi connectivity index (χ2v) is 10.5. The maximum absolute atomic E-state index is 12.3. The largest absolute Gasteiger partial charge is 0.497 e. The number of carbonyl (C=O) groups excluding carboxylic acids is 1. The van der Waals surface area contributed by atoms with Gasteiger partial charge in [0.15, 0.2) is 0 Å². The van der Waals surface area contributed by atoms with Crippen molar-refractivity contribution in [2.45, 2.75) is 89.6 Å². The van der Waals surface area contributed by atoms with E-state index in [1.807, 2.05) is 20.8 Å². The van der Waals surface area contributed by atoms with Crippen molar-refractivity contribution in [3.63, 3.8) is 0 Å². The molecule has 5 rings (SSSR count). The van der Waals surface area contributed by atoms with Crippen molar-refractivity contribution in [2.24, 2.45) is 5.41 Å². The zero-order valence-corrected chi connectivity index (χ0v) is 19.1. The molecule has 6 heteroatoms. The highest BCUT2D eigenvalue weighted by Gasteiger charge is 2.72. The topological polar surface area (TPSA) is 71.6 Å². The Morgan fingerprint density at radius 2 is 2.00 bits per heavy atom. The lowest BCUT2D eigenvalue weighted by atomic mass is 9.36. The van der Waals surface area contributed by atoms with Gasteiger partial charge in [-0.15, -0.1) is 0 Å². The molecule has 0 unspecified atom stereocenters. The first-order valence-electron chi connectivity index (χ1n) is 11.3. The number of hydrogen-bond acceptors (Lipinski definition) is 5. The van der Waals surface area contributed by atoms with Gasteiger partial charge in [-0.1, -0.05) is 19.4 Å². The number of alkyl carbamates (subject to hydrolysis) is 1. The molecule has 2 bridgehead atoms. The fraction of sp³-hybridized carbons (Fsp3) is 0.708. The molecule has 0 saturated heterocycles. The van der Waals surface area contributed by atoms with E-state index in [1.165, 1.54) is 24.0 Å². The SMILES string of the molecule is CCCCN[C@H]1Cc2cc(OC)ccc2[C@H](C23CC(NC(=O)OC(C)(C)C)(C2)C3)N1. The second-order valence-electron chi connectivity index (χ2n) is 10.5. The molecule has 0 aromatic heterocycles. The van der Waals surface area contributed by atoms with E-state index < -0.39 is 5.60 Å². The number of rotatable bonds is 7. The molecule has 1 amide bonds. The summed E-state index contributed by atoms with van der Waals surface area (Å²) in [5.41, 5.74) is 2.41. The van der Waals surface area contributed by atoms with Crippen LogP contribution in [-0.2, 0) is 11.2 Å². The summed E-state index contributed by atoms with van der Waals surface area (Å²) < 4.78 is 11.0. The molecular weight excluding hydrogens is 378 g/mol. The van der Waals surface area contributed by atoms with Crippen molar-refractivity contribution in [1.29, 1.82) is 0 Å². The van der Waals surface area contributed by atoms with Gasteiger partial charge in [0.1, 0.15) is 11.4 Å². The van der Waals surface area contributed by atoms with Crippen molar-refractivity contribution >= 4 is 6.09 Å². The van der Waals surface area contributed by atoms with Crippen LogP contribution in [-0.4, -0.2) is 37.1 Å². The highest BCUT2D eigenvalue weighted by Crippen LogP contribution is 2.72. The standard InChI is InChI=1S/C24H37N3O3/c1-6-7-10-25-19-12-16-11-17(29-5)8-9-18(16)20(26-19)23-13-24(14-23,15-23)27-21(28)30-22(2,3)4/h8-9,11,19-20,25-26H,6-7,10,12-15H2,1-5H3,(H,27,28)/t19-,20-,23?,24?/m1/s1. The van der Waals surface area contributed by atoms with Crippen LogP contribution in [0.5, 0.6) is 5.75 Å². The van der Waals surface area contributed by atoms with Crippen molar-refractivity contribution < 1.29 is 14.3 Å². The van der Waals surface area contributed by atoms with E-state index in [1.54, 1.807) is 7.11 Å². The predicted molar refractivity (Wildman–Crippen MR) is 118 cm³/mol. The van der Waals surface area contributed by atoms with Crippen LogP contribution < -0.4 is 20.7 Å². The maximum Gasteiger partial charge on any atom is 0.408 e. The minimum Gasteiger partial charge on any atom is -0.497 e. The molecule has 3 saturated carbocycles. The van der Waals surface area contributed by atoms with Crippen LogP contribution in [0, 0.1) is 5.41 Å². The Morgan fingerprint density at radius 3 is 2.63 bits per heavy atom. The summed E-state index contributed by atoms with van der Waals surface area (Å²) in [6.07, 6.45) is 6.32. The molecule has 1 aromatic rings. The number of fused-ring (bicyclic) bond motifs is 1. The number of methoxy groups -OCH3 is 1. The van der Waals surface area contributed by atoms with Gasteiger partial charge < -0.3 is 20.1 Å². The van der Waals surface area contributed by atoms with Crippen LogP contribution in [0.15, 0.2) is 18.2 Å². The molecule has 30 heavy (non-hydrogen) atoms. The molecule has 3 N–H and O–H groups in total. The van der Waals surface area contributed by atoms with Crippen molar-refractivity contribution in [2.75, 3.05) is 13.7 Å². The lowest BCUT2D eigenvalue weighted by Gasteiger charge is -2.73. The van der Waals surface area contributed by atoms with Crippen LogP contribution in [0.1, 0.15) is 77.0 Å². The lowest BCUT2D eigenvalue weighted by Crippen LogP contribution is -2.78. The number of carbonyl (C=O) groups is 1. The molecule has 1 aromatic carbocycles. The molecule has 6 nitrogen and oxygen atoms in total. The molecule has 0 radical (unpaired) electrons. The quantitative estimate of drug-likeness (QED) is 0.586. The molecule has 4 aliphatic rings. The zero-order chi connectivity index (χ0) is 21.6. The first kappa shape index (κ1) is 21.4. The molecule has 1 heterocycles. The summed E-state index contributed by atoms with van der Waals surface area (Å²) in [6.45, 7) is 8.95. The van der Waals surface area contributed by atoms with Crippen LogP contribution in [0.2, 0.25) is 0 Å². The summed E-state index contributed by atoms with van der Waals surface area (Å²) in [5.74, 6) is 0.919. The molecular formula is C24H37N3O3. The normalized spacial score (nSPS) is 31.8. The molecule has 1 aliphatic heterocycles. The number of amides is 1. The molecule has 2 atom stereocenters. The Balaban J connectivity index is 1.46. The summed E-state index contributed by atoms with van der Waals surface area (Å²) in [4.78, 5) is 12.3. The Morgan fingerprint density at radius 1 is 1.27 bits per heavy atom. The summed E-state index contributed by atoms with van der Waals surface area (Å²) in [6, 6.07) is 6.78. The number of hydrogen-bond donors (Lipinski definition) is 3. The average Bonchev–Trinajstić information content (AvgIpc) is 2.61. The molecule has 3 fully saturated rings. The monoisotopic (exact) mass is 415 g/mol. The van der Waals surface area contributed by atoms with E-state index in [4.69, 9.17) is 9.47 Å². The van der Waals surface area contributed by atoms with E-state index in [0.29, 0.717) is 6.04 Å². The minimum atomic E-state index is -0.467.